The molecule has 0 heterocycles. The van der Waals surface area contributed by atoms with Gasteiger partial charge in [0.25, 0.3) is 0 Å². The van der Waals surface area contributed by atoms with E-state index in [0.29, 0.717) is 0 Å². The molecule has 0 radical (unpaired) electrons. The van der Waals surface area contributed by atoms with Gasteiger partial charge in [-0.3, -0.25) is 0 Å². The summed E-state index contributed by atoms with van der Waals surface area (Å²) >= 11 is 0. The summed E-state index contributed by atoms with van der Waals surface area (Å²) in [5.74, 6) is 1.70. The Balaban J connectivity index is 0.00000242. The maximum atomic E-state index is 2.42. The lowest BCUT2D eigenvalue weighted by atomic mass is 9.75. The van der Waals surface area contributed by atoms with Crippen LogP contribution in [0.25, 0.3) is 0 Å². The summed E-state index contributed by atoms with van der Waals surface area (Å²) in [6, 6.07) is 11.3. The lowest BCUT2D eigenvalue weighted by Gasteiger charge is -2.36. The van der Waals surface area contributed by atoms with Crippen molar-refractivity contribution in [2.75, 3.05) is 26.7 Å². The van der Waals surface area contributed by atoms with E-state index in [9.17, 15) is 0 Å². The maximum Gasteiger partial charge on any atom is 0.0790 e. The van der Waals surface area contributed by atoms with Crippen molar-refractivity contribution in [1.29, 1.82) is 0 Å². The van der Waals surface area contributed by atoms with Gasteiger partial charge in [-0.25, -0.2) is 0 Å². The third kappa shape index (κ3) is 5.52. The molecule has 0 bridgehead atoms. The van der Waals surface area contributed by atoms with Gasteiger partial charge in [0.05, 0.1) is 26.7 Å². The van der Waals surface area contributed by atoms with Crippen molar-refractivity contribution in [3.63, 3.8) is 0 Å². The summed E-state index contributed by atoms with van der Waals surface area (Å²) in [7, 11) is 2.42. The number of nitrogens with zero attached hydrogens (tertiary/aromatic N) is 1. The highest BCUT2D eigenvalue weighted by atomic mass is 127. The Labute approximate surface area is 155 Å². The van der Waals surface area contributed by atoms with Crippen LogP contribution in [0.5, 0.6) is 0 Å². The number of quaternary nitrogens is 1. The van der Waals surface area contributed by atoms with Crippen LogP contribution in [0, 0.1) is 5.92 Å². The van der Waals surface area contributed by atoms with Gasteiger partial charge in [0, 0.05) is 6.42 Å². The minimum Gasteiger partial charge on any atom is -1.00 e. The van der Waals surface area contributed by atoms with E-state index in [4.69, 9.17) is 0 Å². The lowest BCUT2D eigenvalue weighted by molar-refractivity contribution is -0.906. The van der Waals surface area contributed by atoms with Gasteiger partial charge in [0.1, 0.15) is 0 Å². The molecule has 2 rings (SSSR count). The Bertz CT molecular complexity index is 393. The predicted molar refractivity (Wildman–Crippen MR) is 92.5 cm³/mol. The maximum absolute atomic E-state index is 2.42. The van der Waals surface area contributed by atoms with Crippen molar-refractivity contribution in [1.82, 2.24) is 0 Å². The van der Waals surface area contributed by atoms with E-state index in [1.165, 1.54) is 62.6 Å². The zero-order valence-electron chi connectivity index (χ0n) is 14.7. The van der Waals surface area contributed by atoms with Gasteiger partial charge in [0.15, 0.2) is 0 Å². The van der Waals surface area contributed by atoms with Gasteiger partial charge in [-0.05, 0) is 44.1 Å². The molecule has 0 N–H and O–H groups in total. The summed E-state index contributed by atoms with van der Waals surface area (Å²) in [5.41, 5.74) is 1.59. The van der Waals surface area contributed by atoms with Crippen LogP contribution in [-0.2, 0) is 0 Å². The molecule has 0 aliphatic heterocycles. The molecule has 2 heteroatoms. The van der Waals surface area contributed by atoms with Crippen molar-refractivity contribution < 1.29 is 28.5 Å². The monoisotopic (exact) mass is 415 g/mol. The Morgan fingerprint density at radius 3 is 2.14 bits per heavy atom. The summed E-state index contributed by atoms with van der Waals surface area (Å²) in [4.78, 5) is 0. The van der Waals surface area contributed by atoms with Crippen molar-refractivity contribution in [2.24, 2.45) is 5.92 Å². The minimum absolute atomic E-state index is 0. The SMILES string of the molecule is CC[N+](C)(CC)CCC(c1ccccc1)C1CCCCC1.[I-]. The molecule has 126 valence electrons. The van der Waals surface area contributed by atoms with Crippen molar-refractivity contribution in [2.45, 2.75) is 58.3 Å². The van der Waals surface area contributed by atoms with Gasteiger partial charge in [-0.2, -0.15) is 0 Å². The Morgan fingerprint density at radius 1 is 1.00 bits per heavy atom. The lowest BCUT2D eigenvalue weighted by Crippen LogP contribution is -3.00. The summed E-state index contributed by atoms with van der Waals surface area (Å²) in [5, 5.41) is 0. The molecule has 1 fully saturated rings. The number of hydrogen-bond donors (Lipinski definition) is 0. The van der Waals surface area contributed by atoms with Crippen LogP contribution in [0.2, 0.25) is 0 Å². The molecule has 1 nitrogen and oxygen atoms in total. The third-order valence-electron chi connectivity index (χ3n) is 5.95. The predicted octanol–water partition coefficient (Wildman–Crippen LogP) is 2.23. The summed E-state index contributed by atoms with van der Waals surface area (Å²) in [6.45, 7) is 8.50. The second kappa shape index (κ2) is 9.92. The molecule has 1 unspecified atom stereocenters. The van der Waals surface area contributed by atoms with Crippen LogP contribution in [0.3, 0.4) is 0 Å². The largest absolute Gasteiger partial charge is 1.00 e. The normalized spacial score (nSPS) is 17.8. The molecule has 0 amide bonds. The molecule has 1 aliphatic carbocycles. The standard InChI is InChI=1S/C20H34N.HI/c1-4-21(3,5-2)17-16-20(18-12-8-6-9-13-18)19-14-10-7-11-15-19;/h6,8-9,12-13,19-20H,4-5,7,10-11,14-17H2,1-3H3;1H/q+1;/p-1. The second-order valence-corrected chi connectivity index (χ2v) is 7.18. The van der Waals surface area contributed by atoms with Crippen LogP contribution < -0.4 is 24.0 Å². The Hall–Kier alpha value is -0.0900. The topological polar surface area (TPSA) is 0 Å². The van der Waals surface area contributed by atoms with Crippen LogP contribution in [-0.4, -0.2) is 31.2 Å². The highest BCUT2D eigenvalue weighted by Gasteiger charge is 2.27. The quantitative estimate of drug-likeness (QED) is 0.474. The van der Waals surface area contributed by atoms with Gasteiger partial charge in [-0.15, -0.1) is 0 Å². The van der Waals surface area contributed by atoms with Crippen molar-refractivity contribution in [3.8, 4) is 0 Å². The van der Waals surface area contributed by atoms with E-state index in [2.05, 4.69) is 51.2 Å². The first kappa shape index (κ1) is 20.0. The first-order chi connectivity index (χ1) is 10.2. The van der Waals surface area contributed by atoms with Crippen molar-refractivity contribution >= 4 is 0 Å². The first-order valence-corrected chi connectivity index (χ1v) is 9.07. The third-order valence-corrected chi connectivity index (χ3v) is 5.95. The van der Waals surface area contributed by atoms with Gasteiger partial charge in [0.2, 0.25) is 0 Å². The first-order valence-electron chi connectivity index (χ1n) is 9.07. The summed E-state index contributed by atoms with van der Waals surface area (Å²) in [6.07, 6.45) is 8.59. The van der Waals surface area contributed by atoms with Crippen molar-refractivity contribution in [3.05, 3.63) is 35.9 Å². The van der Waals surface area contributed by atoms with E-state index in [0.717, 1.165) is 11.8 Å². The molecule has 1 saturated carbocycles. The van der Waals surface area contributed by atoms with E-state index < -0.39 is 0 Å². The smallest absolute Gasteiger partial charge is 0.0790 e. The number of rotatable bonds is 7. The molecule has 1 atom stereocenters. The van der Waals surface area contributed by atoms with E-state index in [1.807, 2.05) is 0 Å². The number of benzene rings is 1. The van der Waals surface area contributed by atoms with Gasteiger partial charge >= 0.3 is 0 Å². The van der Waals surface area contributed by atoms with Gasteiger partial charge < -0.3 is 28.5 Å². The van der Waals surface area contributed by atoms with E-state index in [1.54, 1.807) is 5.56 Å². The fraction of sp³-hybridized carbons (Fsp3) is 0.700. The molecular weight excluding hydrogens is 381 g/mol. The minimum atomic E-state index is 0. The molecule has 1 aromatic carbocycles. The van der Waals surface area contributed by atoms with E-state index in [-0.39, 0.29) is 24.0 Å². The summed E-state index contributed by atoms with van der Waals surface area (Å²) < 4.78 is 1.22. The van der Waals surface area contributed by atoms with Crippen LogP contribution in [0.4, 0.5) is 0 Å². The molecular formula is C20H34IN. The second-order valence-electron chi connectivity index (χ2n) is 7.18. The number of halogens is 1. The zero-order valence-corrected chi connectivity index (χ0v) is 16.9. The average molecular weight is 415 g/mol. The highest BCUT2D eigenvalue weighted by molar-refractivity contribution is 5.20. The van der Waals surface area contributed by atoms with Crippen LogP contribution in [0.15, 0.2) is 30.3 Å². The van der Waals surface area contributed by atoms with Crippen LogP contribution >= 0.6 is 0 Å². The molecule has 0 saturated heterocycles. The number of hydrogen-bond acceptors (Lipinski definition) is 0. The fourth-order valence-corrected chi connectivity index (χ4v) is 3.90. The molecule has 22 heavy (non-hydrogen) atoms. The molecule has 1 aliphatic rings. The molecule has 0 aromatic heterocycles. The average Bonchev–Trinajstić information content (AvgIpc) is 2.57. The molecule has 0 spiro atoms. The van der Waals surface area contributed by atoms with Crippen LogP contribution in [0.1, 0.15) is 63.9 Å². The van der Waals surface area contributed by atoms with Gasteiger partial charge in [-0.1, -0.05) is 49.6 Å². The Morgan fingerprint density at radius 2 is 1.59 bits per heavy atom. The Kier molecular flexibility index (Phi) is 9.00. The fourth-order valence-electron chi connectivity index (χ4n) is 3.90. The highest BCUT2D eigenvalue weighted by Crippen LogP contribution is 2.38. The zero-order chi connectivity index (χ0) is 15.1. The van der Waals surface area contributed by atoms with E-state index >= 15 is 0 Å². The molecule has 1 aromatic rings.